The minimum absolute atomic E-state index is 0.210. The van der Waals surface area contributed by atoms with Gasteiger partial charge >= 0.3 is 0 Å². The number of fused-ring (bicyclic) bond motifs is 2. The van der Waals surface area contributed by atoms with E-state index >= 15 is 0 Å². The van der Waals surface area contributed by atoms with Gasteiger partial charge in [0.05, 0.1) is 46.2 Å². The van der Waals surface area contributed by atoms with Crippen LogP contribution in [0, 0.1) is 0 Å². The van der Waals surface area contributed by atoms with Crippen LogP contribution >= 0.6 is 11.3 Å². The molecule has 0 amide bonds. The molecule has 1 aromatic carbocycles. The second kappa shape index (κ2) is 8.89. The van der Waals surface area contributed by atoms with Crippen molar-refractivity contribution in [1.29, 1.82) is 0 Å². The molecule has 0 bridgehead atoms. The lowest BCUT2D eigenvalue weighted by Gasteiger charge is -2.28. The van der Waals surface area contributed by atoms with E-state index in [1.165, 1.54) is 23.5 Å². The molecule has 12 heteroatoms. The average molecular weight is 523 g/mol. The molecular weight excluding hydrogens is 500 g/mol. The predicted octanol–water partition coefficient (Wildman–Crippen LogP) is 2.95. The molecule has 6 rings (SSSR count). The van der Waals surface area contributed by atoms with Crippen molar-refractivity contribution in [2.75, 3.05) is 37.5 Å². The van der Waals surface area contributed by atoms with Gasteiger partial charge in [0.15, 0.2) is 21.5 Å². The van der Waals surface area contributed by atoms with Gasteiger partial charge in [0.2, 0.25) is 0 Å². The van der Waals surface area contributed by atoms with Crippen LogP contribution in [-0.4, -0.2) is 71.2 Å². The van der Waals surface area contributed by atoms with Gasteiger partial charge in [0.1, 0.15) is 6.10 Å². The number of morpholine rings is 1. The lowest BCUT2D eigenvalue weighted by Crippen LogP contribution is -2.36. The number of nitrogens with zero attached hydrogens (tertiary/aromatic N) is 5. The molecule has 1 unspecified atom stereocenters. The predicted molar refractivity (Wildman–Crippen MR) is 137 cm³/mol. The van der Waals surface area contributed by atoms with E-state index in [9.17, 15) is 13.5 Å². The van der Waals surface area contributed by atoms with Gasteiger partial charge in [-0.3, -0.25) is 10.1 Å². The molecule has 0 saturated carbocycles. The number of aliphatic hydroxyl groups excluding tert-OH is 1. The zero-order valence-corrected chi connectivity index (χ0v) is 20.9. The van der Waals surface area contributed by atoms with E-state index in [0.29, 0.717) is 48.1 Å². The van der Waals surface area contributed by atoms with Crippen LogP contribution in [0.1, 0.15) is 16.5 Å². The van der Waals surface area contributed by atoms with Crippen molar-refractivity contribution in [2.45, 2.75) is 11.0 Å². The number of H-pyrrole nitrogens is 1. The van der Waals surface area contributed by atoms with Crippen LogP contribution in [0.2, 0.25) is 0 Å². The number of ether oxygens (including phenoxy) is 1. The van der Waals surface area contributed by atoms with Crippen molar-refractivity contribution >= 4 is 48.1 Å². The third-order valence-corrected chi connectivity index (χ3v) is 8.49. The number of anilines is 1. The van der Waals surface area contributed by atoms with Gasteiger partial charge < -0.3 is 14.7 Å². The Bertz CT molecular complexity index is 1670. The van der Waals surface area contributed by atoms with E-state index in [1.807, 2.05) is 6.07 Å². The van der Waals surface area contributed by atoms with Crippen molar-refractivity contribution in [3.63, 3.8) is 0 Å². The summed E-state index contributed by atoms with van der Waals surface area (Å²) in [4.78, 5) is 17.2. The summed E-state index contributed by atoms with van der Waals surface area (Å²) in [5, 5.41) is 19.1. The van der Waals surface area contributed by atoms with Crippen LogP contribution in [0.3, 0.4) is 0 Å². The summed E-state index contributed by atoms with van der Waals surface area (Å²) in [7, 11) is -3.32. The SMILES string of the molecule is CS(=O)(=O)c1ccc(C(O)c2cc3nc(-c4cncc5[nH]ncc45)nc(N4CCOCC4)c3s2)cc1. The van der Waals surface area contributed by atoms with Crippen LogP contribution < -0.4 is 4.90 Å². The summed E-state index contributed by atoms with van der Waals surface area (Å²) in [6.07, 6.45) is 5.40. The number of nitrogens with one attached hydrogen (secondary N) is 1. The minimum atomic E-state index is -3.32. The number of benzene rings is 1. The van der Waals surface area contributed by atoms with Crippen molar-refractivity contribution in [1.82, 2.24) is 25.1 Å². The number of sulfone groups is 1. The largest absolute Gasteiger partial charge is 0.383 e. The first-order valence-electron chi connectivity index (χ1n) is 11.3. The van der Waals surface area contributed by atoms with E-state index in [-0.39, 0.29) is 4.90 Å². The van der Waals surface area contributed by atoms with Crippen molar-refractivity contribution < 1.29 is 18.3 Å². The van der Waals surface area contributed by atoms with Gasteiger partial charge in [-0.15, -0.1) is 11.3 Å². The number of aromatic nitrogens is 5. The molecule has 2 N–H and O–H groups in total. The zero-order valence-electron chi connectivity index (χ0n) is 19.2. The molecule has 1 aliphatic rings. The number of hydrogen-bond acceptors (Lipinski definition) is 10. The van der Waals surface area contributed by atoms with E-state index < -0.39 is 15.9 Å². The molecule has 1 fully saturated rings. The van der Waals surface area contributed by atoms with Gasteiger partial charge in [0, 0.05) is 41.4 Å². The number of aliphatic hydroxyl groups is 1. The van der Waals surface area contributed by atoms with E-state index in [0.717, 1.165) is 33.2 Å². The maximum atomic E-state index is 11.8. The summed E-state index contributed by atoms with van der Waals surface area (Å²) < 4.78 is 30.0. The number of rotatable bonds is 5. The number of pyridine rings is 1. The van der Waals surface area contributed by atoms with E-state index in [1.54, 1.807) is 30.7 Å². The highest BCUT2D eigenvalue weighted by molar-refractivity contribution is 7.90. The van der Waals surface area contributed by atoms with Crippen LogP contribution in [0.15, 0.2) is 53.8 Å². The average Bonchev–Trinajstić information content (AvgIpc) is 3.55. The van der Waals surface area contributed by atoms with Gasteiger partial charge in [-0.2, -0.15) is 5.10 Å². The molecule has 4 aromatic heterocycles. The van der Waals surface area contributed by atoms with Crippen molar-refractivity contribution in [3.8, 4) is 11.4 Å². The van der Waals surface area contributed by atoms with Gasteiger partial charge in [-0.25, -0.2) is 18.4 Å². The summed E-state index contributed by atoms with van der Waals surface area (Å²) >= 11 is 1.43. The molecule has 10 nitrogen and oxygen atoms in total. The molecule has 1 atom stereocenters. The maximum absolute atomic E-state index is 11.8. The smallest absolute Gasteiger partial charge is 0.175 e. The fraction of sp³-hybridized carbons (Fsp3) is 0.250. The summed E-state index contributed by atoms with van der Waals surface area (Å²) in [5.41, 5.74) is 2.88. The standard InChI is InChI=1S/C24H22N6O4S2/c1-36(32,33)15-4-2-14(3-5-15)21(31)20-10-18-22(35-20)24(30-6-8-34-9-7-30)28-23(27-18)17-11-25-13-19-16(17)12-26-29-19/h2-5,10-13,21,31H,6-9H2,1H3,(H,26,29). The van der Waals surface area contributed by atoms with Crippen LogP contribution in [0.25, 0.3) is 32.5 Å². The third kappa shape index (κ3) is 4.11. The third-order valence-electron chi connectivity index (χ3n) is 6.18. The first-order chi connectivity index (χ1) is 17.4. The van der Waals surface area contributed by atoms with Gasteiger partial charge in [-0.1, -0.05) is 12.1 Å². The Labute approximate surface area is 210 Å². The van der Waals surface area contributed by atoms with Crippen molar-refractivity contribution in [2.24, 2.45) is 0 Å². The highest BCUT2D eigenvalue weighted by Gasteiger charge is 2.23. The van der Waals surface area contributed by atoms with E-state index in [4.69, 9.17) is 14.7 Å². The van der Waals surface area contributed by atoms with Crippen molar-refractivity contribution in [3.05, 3.63) is 59.4 Å². The molecule has 1 aliphatic heterocycles. The second-order valence-corrected chi connectivity index (χ2v) is 11.7. The maximum Gasteiger partial charge on any atom is 0.175 e. The molecule has 0 aliphatic carbocycles. The summed E-state index contributed by atoms with van der Waals surface area (Å²) in [5.74, 6) is 1.31. The Morgan fingerprint density at radius 2 is 1.89 bits per heavy atom. The normalized spacial score (nSPS) is 15.6. The highest BCUT2D eigenvalue weighted by Crippen LogP contribution is 2.39. The number of hydrogen-bond donors (Lipinski definition) is 2. The Morgan fingerprint density at radius 1 is 1.11 bits per heavy atom. The molecule has 0 spiro atoms. The zero-order chi connectivity index (χ0) is 24.9. The number of aromatic amines is 1. The molecule has 5 aromatic rings. The Kier molecular flexibility index (Phi) is 5.67. The molecule has 36 heavy (non-hydrogen) atoms. The van der Waals surface area contributed by atoms with Crippen LogP contribution in [0.5, 0.6) is 0 Å². The van der Waals surface area contributed by atoms with Gasteiger partial charge in [0.25, 0.3) is 0 Å². The highest BCUT2D eigenvalue weighted by atomic mass is 32.2. The lowest BCUT2D eigenvalue weighted by molar-refractivity contribution is 0.122. The molecule has 1 saturated heterocycles. The Hall–Kier alpha value is -3.45. The minimum Gasteiger partial charge on any atom is -0.383 e. The summed E-state index contributed by atoms with van der Waals surface area (Å²) in [6, 6.07) is 8.16. The van der Waals surface area contributed by atoms with Crippen LogP contribution in [-0.2, 0) is 14.6 Å². The topological polar surface area (TPSA) is 134 Å². The fourth-order valence-electron chi connectivity index (χ4n) is 4.28. The Morgan fingerprint density at radius 3 is 2.64 bits per heavy atom. The van der Waals surface area contributed by atoms with Gasteiger partial charge in [-0.05, 0) is 23.8 Å². The molecule has 0 radical (unpaired) electrons. The summed E-state index contributed by atoms with van der Waals surface area (Å²) in [6.45, 7) is 2.60. The fourth-order valence-corrected chi connectivity index (χ4v) is 6.04. The number of thiophene rings is 1. The lowest BCUT2D eigenvalue weighted by atomic mass is 10.1. The molecule has 184 valence electrons. The monoisotopic (exact) mass is 522 g/mol. The van der Waals surface area contributed by atoms with E-state index in [2.05, 4.69) is 20.1 Å². The second-order valence-electron chi connectivity index (χ2n) is 8.60. The quantitative estimate of drug-likeness (QED) is 0.357. The first-order valence-corrected chi connectivity index (χ1v) is 14.0. The molecule has 5 heterocycles. The molecular formula is C24H22N6O4S2. The first kappa shape index (κ1) is 23.0. The van der Waals surface area contributed by atoms with Crippen LogP contribution in [0.4, 0.5) is 5.82 Å². The Balaban J connectivity index is 1.47.